The maximum atomic E-state index is 5.20. The first kappa shape index (κ1) is 9.57. The molecular formula is C10H17NO. The second-order valence-electron chi connectivity index (χ2n) is 3.36. The SMILES string of the molecule is C#CCCN1CCC(COC)C1. The molecule has 1 saturated heterocycles. The molecule has 0 saturated carbocycles. The molecule has 0 aromatic carbocycles. The molecule has 2 nitrogen and oxygen atoms in total. The summed E-state index contributed by atoms with van der Waals surface area (Å²) >= 11 is 0. The predicted octanol–water partition coefficient (Wildman–Crippen LogP) is 0.978. The molecule has 0 amide bonds. The fraction of sp³-hybridized carbons (Fsp3) is 0.800. The topological polar surface area (TPSA) is 12.5 Å². The van der Waals surface area contributed by atoms with Crippen molar-refractivity contribution in [3.05, 3.63) is 0 Å². The average Bonchev–Trinajstić information content (AvgIpc) is 2.50. The van der Waals surface area contributed by atoms with Crippen LogP contribution in [0.1, 0.15) is 12.8 Å². The molecule has 0 aromatic rings. The third kappa shape index (κ3) is 2.84. The Hall–Kier alpha value is -0.520. The van der Waals surface area contributed by atoms with Crippen LogP contribution in [-0.2, 0) is 4.74 Å². The van der Waals surface area contributed by atoms with Crippen LogP contribution < -0.4 is 0 Å². The minimum atomic E-state index is 0.729. The summed E-state index contributed by atoms with van der Waals surface area (Å²) in [6, 6.07) is 0. The van der Waals surface area contributed by atoms with E-state index in [1.165, 1.54) is 13.0 Å². The van der Waals surface area contributed by atoms with Crippen LogP contribution in [0.2, 0.25) is 0 Å². The van der Waals surface area contributed by atoms with Gasteiger partial charge >= 0.3 is 0 Å². The van der Waals surface area contributed by atoms with Gasteiger partial charge in [0, 0.05) is 26.6 Å². The molecule has 1 rings (SSSR count). The van der Waals surface area contributed by atoms with E-state index in [9.17, 15) is 0 Å². The largest absolute Gasteiger partial charge is 0.384 e. The standard InChI is InChI=1S/C10H17NO/c1-3-4-6-11-7-5-10(8-11)9-12-2/h1,10H,4-9H2,2H3. The maximum Gasteiger partial charge on any atom is 0.0503 e. The Bertz CT molecular complexity index is 162. The van der Waals surface area contributed by atoms with Crippen LogP contribution in [0.4, 0.5) is 0 Å². The minimum absolute atomic E-state index is 0.729. The second-order valence-corrected chi connectivity index (χ2v) is 3.36. The van der Waals surface area contributed by atoms with E-state index in [2.05, 4.69) is 10.8 Å². The van der Waals surface area contributed by atoms with Crippen molar-refractivity contribution in [1.29, 1.82) is 0 Å². The molecule has 68 valence electrons. The molecular weight excluding hydrogens is 150 g/mol. The Balaban J connectivity index is 2.13. The second kappa shape index (κ2) is 5.18. The van der Waals surface area contributed by atoms with Gasteiger partial charge in [0.1, 0.15) is 0 Å². The molecule has 0 bridgehead atoms. The summed E-state index contributed by atoms with van der Waals surface area (Å²) in [6.45, 7) is 4.30. The van der Waals surface area contributed by atoms with Crippen molar-refractivity contribution in [3.8, 4) is 12.3 Å². The van der Waals surface area contributed by atoms with E-state index < -0.39 is 0 Å². The first-order valence-corrected chi connectivity index (χ1v) is 4.51. The van der Waals surface area contributed by atoms with E-state index in [0.29, 0.717) is 0 Å². The lowest BCUT2D eigenvalue weighted by molar-refractivity contribution is 0.153. The number of terminal acetylenes is 1. The van der Waals surface area contributed by atoms with Gasteiger partial charge in [-0.05, 0) is 18.9 Å². The van der Waals surface area contributed by atoms with Gasteiger partial charge in [0.2, 0.25) is 0 Å². The van der Waals surface area contributed by atoms with Gasteiger partial charge in [-0.3, -0.25) is 0 Å². The van der Waals surface area contributed by atoms with Crippen molar-refractivity contribution < 1.29 is 4.74 Å². The lowest BCUT2D eigenvalue weighted by Gasteiger charge is -2.13. The Morgan fingerprint density at radius 2 is 2.50 bits per heavy atom. The van der Waals surface area contributed by atoms with E-state index in [-0.39, 0.29) is 0 Å². The molecule has 1 fully saturated rings. The molecule has 1 aliphatic rings. The average molecular weight is 167 g/mol. The fourth-order valence-corrected chi connectivity index (χ4v) is 1.71. The van der Waals surface area contributed by atoms with Crippen LogP contribution in [0.15, 0.2) is 0 Å². The number of methoxy groups -OCH3 is 1. The van der Waals surface area contributed by atoms with Crippen molar-refractivity contribution in [2.45, 2.75) is 12.8 Å². The van der Waals surface area contributed by atoms with Crippen molar-refractivity contribution in [1.82, 2.24) is 4.90 Å². The Morgan fingerprint density at radius 1 is 1.67 bits per heavy atom. The summed E-state index contributed by atoms with van der Waals surface area (Å²) in [7, 11) is 1.77. The number of nitrogens with zero attached hydrogens (tertiary/aromatic N) is 1. The van der Waals surface area contributed by atoms with Gasteiger partial charge in [0.15, 0.2) is 0 Å². The molecule has 1 heterocycles. The summed E-state index contributed by atoms with van der Waals surface area (Å²) in [5, 5.41) is 0. The van der Waals surface area contributed by atoms with Gasteiger partial charge in [-0.1, -0.05) is 0 Å². The van der Waals surface area contributed by atoms with Crippen molar-refractivity contribution in [3.63, 3.8) is 0 Å². The van der Waals surface area contributed by atoms with Gasteiger partial charge in [-0.2, -0.15) is 0 Å². The smallest absolute Gasteiger partial charge is 0.0503 e. The van der Waals surface area contributed by atoms with Crippen molar-refractivity contribution in [2.24, 2.45) is 5.92 Å². The van der Waals surface area contributed by atoms with Crippen LogP contribution in [0.25, 0.3) is 0 Å². The van der Waals surface area contributed by atoms with E-state index in [4.69, 9.17) is 11.2 Å². The first-order chi connectivity index (χ1) is 5.86. The highest BCUT2D eigenvalue weighted by atomic mass is 16.5. The highest BCUT2D eigenvalue weighted by Gasteiger charge is 2.21. The summed E-state index contributed by atoms with van der Waals surface area (Å²) < 4.78 is 5.11. The van der Waals surface area contributed by atoms with Crippen LogP contribution in [0.3, 0.4) is 0 Å². The Labute approximate surface area is 74.9 Å². The van der Waals surface area contributed by atoms with Gasteiger partial charge in [-0.15, -0.1) is 12.3 Å². The van der Waals surface area contributed by atoms with E-state index in [1.54, 1.807) is 7.11 Å². The molecule has 12 heavy (non-hydrogen) atoms. The normalized spacial score (nSPS) is 24.2. The molecule has 1 aliphatic heterocycles. The number of hydrogen-bond acceptors (Lipinski definition) is 2. The summed E-state index contributed by atoms with van der Waals surface area (Å²) in [5.74, 6) is 3.40. The van der Waals surface area contributed by atoms with Gasteiger partial charge in [-0.25, -0.2) is 0 Å². The van der Waals surface area contributed by atoms with Crippen LogP contribution in [0, 0.1) is 18.3 Å². The highest BCUT2D eigenvalue weighted by molar-refractivity contribution is 4.86. The molecule has 1 unspecified atom stereocenters. The van der Waals surface area contributed by atoms with Gasteiger partial charge in [0.05, 0.1) is 6.61 Å². The van der Waals surface area contributed by atoms with Crippen molar-refractivity contribution >= 4 is 0 Å². The van der Waals surface area contributed by atoms with E-state index in [0.717, 1.165) is 32.0 Å². The summed E-state index contributed by atoms with van der Waals surface area (Å²) in [6.07, 6.45) is 7.34. The van der Waals surface area contributed by atoms with Crippen LogP contribution in [0.5, 0.6) is 0 Å². The lowest BCUT2D eigenvalue weighted by Crippen LogP contribution is -2.22. The third-order valence-corrected chi connectivity index (χ3v) is 2.34. The molecule has 0 spiro atoms. The Kier molecular flexibility index (Phi) is 4.13. The zero-order valence-corrected chi connectivity index (χ0v) is 7.75. The van der Waals surface area contributed by atoms with E-state index in [1.807, 2.05) is 0 Å². The molecule has 0 aliphatic carbocycles. The van der Waals surface area contributed by atoms with E-state index >= 15 is 0 Å². The third-order valence-electron chi connectivity index (χ3n) is 2.34. The van der Waals surface area contributed by atoms with Crippen molar-refractivity contribution in [2.75, 3.05) is 33.4 Å². The molecule has 2 heteroatoms. The Morgan fingerprint density at radius 3 is 3.17 bits per heavy atom. The minimum Gasteiger partial charge on any atom is -0.384 e. The fourth-order valence-electron chi connectivity index (χ4n) is 1.71. The summed E-state index contributed by atoms with van der Waals surface area (Å²) in [5.41, 5.74) is 0. The quantitative estimate of drug-likeness (QED) is 0.579. The number of rotatable bonds is 4. The number of ether oxygens (including phenoxy) is 1. The molecule has 0 N–H and O–H groups in total. The summed E-state index contributed by atoms with van der Waals surface area (Å²) in [4.78, 5) is 2.42. The van der Waals surface area contributed by atoms with Crippen LogP contribution in [-0.4, -0.2) is 38.3 Å². The number of likely N-dealkylation sites (tertiary alicyclic amines) is 1. The van der Waals surface area contributed by atoms with Gasteiger partial charge < -0.3 is 9.64 Å². The molecule has 1 atom stereocenters. The van der Waals surface area contributed by atoms with Crippen LogP contribution >= 0.6 is 0 Å². The first-order valence-electron chi connectivity index (χ1n) is 4.51. The highest BCUT2D eigenvalue weighted by Crippen LogP contribution is 2.15. The zero-order valence-electron chi connectivity index (χ0n) is 7.75. The molecule has 0 aromatic heterocycles. The lowest BCUT2D eigenvalue weighted by atomic mass is 10.1. The molecule has 0 radical (unpaired) electrons. The zero-order chi connectivity index (χ0) is 8.81. The monoisotopic (exact) mass is 167 g/mol. The van der Waals surface area contributed by atoms with Gasteiger partial charge in [0.25, 0.3) is 0 Å². The predicted molar refractivity (Wildman–Crippen MR) is 49.9 cm³/mol. The number of hydrogen-bond donors (Lipinski definition) is 0. The maximum absolute atomic E-state index is 5.20.